The van der Waals surface area contributed by atoms with Gasteiger partial charge in [-0.2, -0.15) is 0 Å². The van der Waals surface area contributed by atoms with Crippen LogP contribution in [0.25, 0.3) is 0 Å². The highest BCUT2D eigenvalue weighted by molar-refractivity contribution is 7.10. The lowest BCUT2D eigenvalue weighted by atomic mass is 10.1. The summed E-state index contributed by atoms with van der Waals surface area (Å²) >= 11 is 1.79. The zero-order valence-electron chi connectivity index (χ0n) is 14.3. The third kappa shape index (κ3) is 4.46. The highest BCUT2D eigenvalue weighted by Gasteiger charge is 2.33. The monoisotopic (exact) mass is 324 g/mol. The van der Waals surface area contributed by atoms with Gasteiger partial charge < -0.3 is 9.64 Å². The summed E-state index contributed by atoms with van der Waals surface area (Å²) in [7, 11) is 2.13. The fourth-order valence-electron chi connectivity index (χ4n) is 2.82. The molecule has 0 spiro atoms. The molecule has 1 fully saturated rings. The van der Waals surface area contributed by atoms with Crippen molar-refractivity contribution in [3.63, 3.8) is 0 Å². The minimum absolute atomic E-state index is 0.174. The minimum atomic E-state index is -0.430. The smallest absolute Gasteiger partial charge is 0.410 e. The SMILES string of the molecule is C[C@@H](c1cccs1)N(C)C[C@H]1CCCN1C(=O)OC(C)(C)C. The first-order valence-electron chi connectivity index (χ1n) is 8.01. The fourth-order valence-corrected chi connectivity index (χ4v) is 3.67. The van der Waals surface area contributed by atoms with E-state index in [0.29, 0.717) is 6.04 Å². The van der Waals surface area contributed by atoms with Crippen molar-refractivity contribution in [3.05, 3.63) is 22.4 Å². The van der Waals surface area contributed by atoms with Crippen LogP contribution in [0.5, 0.6) is 0 Å². The first-order valence-corrected chi connectivity index (χ1v) is 8.89. The first-order chi connectivity index (χ1) is 10.3. The summed E-state index contributed by atoms with van der Waals surface area (Å²) in [6, 6.07) is 4.89. The largest absolute Gasteiger partial charge is 0.444 e. The van der Waals surface area contributed by atoms with E-state index < -0.39 is 5.60 Å². The molecule has 124 valence electrons. The minimum Gasteiger partial charge on any atom is -0.444 e. The molecule has 1 aliphatic rings. The van der Waals surface area contributed by atoms with Gasteiger partial charge >= 0.3 is 6.09 Å². The van der Waals surface area contributed by atoms with Crippen LogP contribution in [0.2, 0.25) is 0 Å². The van der Waals surface area contributed by atoms with E-state index in [1.165, 1.54) is 4.88 Å². The molecule has 1 saturated heterocycles. The lowest BCUT2D eigenvalue weighted by molar-refractivity contribution is 0.0194. The molecule has 1 amide bonds. The summed E-state index contributed by atoms with van der Waals surface area (Å²) < 4.78 is 5.54. The highest BCUT2D eigenvalue weighted by atomic mass is 32.1. The van der Waals surface area contributed by atoms with Gasteiger partial charge in [0.05, 0.1) is 0 Å². The van der Waals surface area contributed by atoms with E-state index in [-0.39, 0.29) is 12.1 Å². The topological polar surface area (TPSA) is 32.8 Å². The van der Waals surface area contributed by atoms with Crippen LogP contribution in [0.1, 0.15) is 51.5 Å². The second kappa shape index (κ2) is 7.01. The maximum absolute atomic E-state index is 12.3. The number of hydrogen-bond acceptors (Lipinski definition) is 4. The van der Waals surface area contributed by atoms with Gasteiger partial charge in [-0.3, -0.25) is 4.90 Å². The molecule has 0 radical (unpaired) electrons. The molecule has 2 rings (SSSR count). The molecule has 2 atom stereocenters. The molecule has 1 aliphatic heterocycles. The maximum atomic E-state index is 12.3. The third-order valence-electron chi connectivity index (χ3n) is 4.12. The van der Waals surface area contributed by atoms with E-state index in [1.54, 1.807) is 11.3 Å². The molecule has 22 heavy (non-hydrogen) atoms. The zero-order valence-corrected chi connectivity index (χ0v) is 15.2. The van der Waals surface area contributed by atoms with Crippen molar-refractivity contribution >= 4 is 17.4 Å². The van der Waals surface area contributed by atoms with Crippen LogP contribution in [0.15, 0.2) is 17.5 Å². The van der Waals surface area contributed by atoms with Crippen molar-refractivity contribution < 1.29 is 9.53 Å². The van der Waals surface area contributed by atoms with Crippen LogP contribution in [0.4, 0.5) is 4.79 Å². The molecule has 0 aromatic carbocycles. The van der Waals surface area contributed by atoms with Crippen LogP contribution >= 0.6 is 11.3 Å². The van der Waals surface area contributed by atoms with E-state index in [1.807, 2.05) is 25.7 Å². The fraction of sp³-hybridized carbons (Fsp3) is 0.706. The molecule has 0 aliphatic carbocycles. The number of likely N-dealkylation sites (tertiary alicyclic amines) is 1. The molecule has 0 N–H and O–H groups in total. The van der Waals surface area contributed by atoms with Gasteiger partial charge in [-0.1, -0.05) is 6.07 Å². The Morgan fingerprint density at radius 3 is 2.86 bits per heavy atom. The molecule has 5 heteroatoms. The van der Waals surface area contributed by atoms with E-state index in [0.717, 1.165) is 25.9 Å². The Hall–Kier alpha value is -1.07. The Balaban J connectivity index is 1.94. The van der Waals surface area contributed by atoms with Crippen molar-refractivity contribution in [2.45, 2.75) is 58.2 Å². The van der Waals surface area contributed by atoms with Crippen molar-refractivity contribution in [1.82, 2.24) is 9.80 Å². The lowest BCUT2D eigenvalue weighted by Crippen LogP contribution is -2.44. The average molecular weight is 324 g/mol. The Labute approximate surface area is 138 Å². The molecule has 4 nitrogen and oxygen atoms in total. The van der Waals surface area contributed by atoms with Crippen LogP contribution in [-0.4, -0.2) is 47.7 Å². The summed E-state index contributed by atoms with van der Waals surface area (Å²) in [5, 5.41) is 2.11. The number of hydrogen-bond donors (Lipinski definition) is 0. The van der Waals surface area contributed by atoms with Gasteiger partial charge in [-0.15, -0.1) is 11.3 Å². The number of thiophene rings is 1. The predicted octanol–water partition coefficient (Wildman–Crippen LogP) is 4.14. The molecule has 0 bridgehead atoms. The Bertz CT molecular complexity index is 481. The Morgan fingerprint density at radius 2 is 2.27 bits per heavy atom. The van der Waals surface area contributed by atoms with E-state index in [9.17, 15) is 4.79 Å². The number of rotatable bonds is 4. The maximum Gasteiger partial charge on any atom is 0.410 e. The summed E-state index contributed by atoms with van der Waals surface area (Å²) in [6.45, 7) is 9.67. The van der Waals surface area contributed by atoms with Crippen LogP contribution in [-0.2, 0) is 4.74 Å². The normalized spacial score (nSPS) is 20.5. The van der Waals surface area contributed by atoms with Crippen molar-refractivity contribution in [3.8, 4) is 0 Å². The molecule has 0 saturated carbocycles. The number of ether oxygens (including phenoxy) is 1. The zero-order chi connectivity index (χ0) is 16.3. The standard InChI is InChI=1S/C17H28N2O2S/c1-13(15-9-7-11-22-15)18(5)12-14-8-6-10-19(14)16(20)21-17(2,3)4/h7,9,11,13-14H,6,8,10,12H2,1-5H3/t13-,14+/m0/s1. The van der Waals surface area contributed by atoms with Crippen molar-refractivity contribution in [2.75, 3.05) is 20.1 Å². The van der Waals surface area contributed by atoms with Gasteiger partial charge in [0.25, 0.3) is 0 Å². The van der Waals surface area contributed by atoms with Crippen molar-refractivity contribution in [1.29, 1.82) is 0 Å². The van der Waals surface area contributed by atoms with Crippen molar-refractivity contribution in [2.24, 2.45) is 0 Å². The number of likely N-dealkylation sites (N-methyl/N-ethyl adjacent to an activating group) is 1. The number of amides is 1. The van der Waals surface area contributed by atoms with Gasteiger partial charge in [0, 0.05) is 30.1 Å². The van der Waals surface area contributed by atoms with Crippen LogP contribution in [0.3, 0.4) is 0 Å². The molecule has 2 heterocycles. The first kappa shape index (κ1) is 17.3. The number of carbonyl (C=O) groups is 1. The second-order valence-corrected chi connectivity index (χ2v) is 8.08. The number of nitrogens with zero attached hydrogens (tertiary/aromatic N) is 2. The highest BCUT2D eigenvalue weighted by Crippen LogP contribution is 2.27. The second-order valence-electron chi connectivity index (χ2n) is 7.10. The quantitative estimate of drug-likeness (QED) is 0.834. The van der Waals surface area contributed by atoms with Crippen LogP contribution in [0, 0.1) is 0 Å². The van der Waals surface area contributed by atoms with Gasteiger partial charge in [0.2, 0.25) is 0 Å². The Morgan fingerprint density at radius 1 is 1.55 bits per heavy atom. The van der Waals surface area contributed by atoms with E-state index in [2.05, 4.69) is 36.4 Å². The molecular weight excluding hydrogens is 296 g/mol. The molecule has 1 aromatic heterocycles. The summed E-state index contributed by atoms with van der Waals surface area (Å²) in [5.41, 5.74) is -0.430. The van der Waals surface area contributed by atoms with Gasteiger partial charge in [-0.25, -0.2) is 4.79 Å². The van der Waals surface area contributed by atoms with E-state index in [4.69, 9.17) is 4.74 Å². The van der Waals surface area contributed by atoms with Gasteiger partial charge in [-0.05, 0) is 59.0 Å². The predicted molar refractivity (Wildman–Crippen MR) is 91.3 cm³/mol. The molecule has 0 unspecified atom stereocenters. The van der Waals surface area contributed by atoms with Gasteiger partial charge in [0.15, 0.2) is 0 Å². The van der Waals surface area contributed by atoms with Crippen LogP contribution < -0.4 is 0 Å². The Kier molecular flexibility index (Phi) is 5.50. The molecule has 1 aromatic rings. The van der Waals surface area contributed by atoms with Gasteiger partial charge in [0.1, 0.15) is 5.60 Å². The molecular formula is C17H28N2O2S. The van der Waals surface area contributed by atoms with E-state index >= 15 is 0 Å². The average Bonchev–Trinajstić information content (AvgIpc) is 3.06. The number of carbonyl (C=O) groups excluding carboxylic acids is 1. The third-order valence-corrected chi connectivity index (χ3v) is 5.16. The summed E-state index contributed by atoms with van der Waals surface area (Å²) in [6.07, 6.45) is 1.94. The lowest BCUT2D eigenvalue weighted by Gasteiger charge is -2.32. The summed E-state index contributed by atoms with van der Waals surface area (Å²) in [5.74, 6) is 0. The summed E-state index contributed by atoms with van der Waals surface area (Å²) in [4.78, 5) is 17.9.